The zero-order valence-corrected chi connectivity index (χ0v) is 9.64. The van der Waals surface area contributed by atoms with E-state index >= 15 is 0 Å². The summed E-state index contributed by atoms with van der Waals surface area (Å²) in [5, 5.41) is 3.51. The Morgan fingerprint density at radius 3 is 3.06 bits per heavy atom. The summed E-state index contributed by atoms with van der Waals surface area (Å²) in [7, 11) is 2.05. The molecule has 1 N–H and O–H groups in total. The number of imidazole rings is 1. The van der Waals surface area contributed by atoms with Crippen LogP contribution in [0, 0.1) is 5.92 Å². The minimum atomic E-state index is 0.374. The van der Waals surface area contributed by atoms with Crippen molar-refractivity contribution in [1.29, 1.82) is 0 Å². The van der Waals surface area contributed by atoms with E-state index < -0.39 is 0 Å². The zero-order valence-electron chi connectivity index (χ0n) is 9.64. The predicted octanol–water partition coefficient (Wildman–Crippen LogP) is 1.64. The number of pyridine rings is 1. The molecule has 3 heterocycles. The van der Waals surface area contributed by atoms with E-state index in [1.165, 1.54) is 6.42 Å². The maximum Gasteiger partial charge on any atom is 0.159 e. The van der Waals surface area contributed by atoms with E-state index in [0.29, 0.717) is 12.0 Å². The van der Waals surface area contributed by atoms with Crippen LogP contribution < -0.4 is 5.32 Å². The Labute approximate surface area is 94.7 Å². The van der Waals surface area contributed by atoms with Gasteiger partial charge in [-0.15, -0.1) is 0 Å². The third-order valence-corrected chi connectivity index (χ3v) is 3.47. The molecule has 16 heavy (non-hydrogen) atoms. The molecule has 0 saturated carbocycles. The number of hydrogen-bond donors (Lipinski definition) is 1. The first-order valence-corrected chi connectivity index (χ1v) is 5.78. The number of hydrogen-bond acceptors (Lipinski definition) is 3. The highest BCUT2D eigenvalue weighted by atomic mass is 15.2. The molecule has 1 aliphatic heterocycles. The smallest absolute Gasteiger partial charge is 0.159 e. The van der Waals surface area contributed by atoms with Crippen LogP contribution in [0.25, 0.3) is 11.2 Å². The van der Waals surface area contributed by atoms with Gasteiger partial charge < -0.3 is 9.88 Å². The largest absolute Gasteiger partial charge is 0.315 e. The summed E-state index contributed by atoms with van der Waals surface area (Å²) >= 11 is 0. The van der Waals surface area contributed by atoms with Gasteiger partial charge in [-0.25, -0.2) is 9.97 Å². The Bertz CT molecular complexity index is 517. The molecule has 2 atom stereocenters. The van der Waals surface area contributed by atoms with Crippen LogP contribution in [-0.2, 0) is 7.05 Å². The van der Waals surface area contributed by atoms with Crippen LogP contribution in [0.15, 0.2) is 18.3 Å². The van der Waals surface area contributed by atoms with E-state index in [1.54, 1.807) is 0 Å². The van der Waals surface area contributed by atoms with Gasteiger partial charge in [0, 0.05) is 13.2 Å². The Kier molecular flexibility index (Phi) is 2.17. The van der Waals surface area contributed by atoms with Gasteiger partial charge in [0.05, 0.1) is 6.04 Å². The summed E-state index contributed by atoms with van der Waals surface area (Å²) in [6.07, 6.45) is 3.04. The van der Waals surface area contributed by atoms with Gasteiger partial charge in [-0.1, -0.05) is 6.92 Å². The van der Waals surface area contributed by atoms with E-state index in [4.69, 9.17) is 0 Å². The van der Waals surface area contributed by atoms with E-state index in [2.05, 4.69) is 26.8 Å². The van der Waals surface area contributed by atoms with Gasteiger partial charge in [0.15, 0.2) is 5.65 Å². The Morgan fingerprint density at radius 1 is 1.50 bits per heavy atom. The van der Waals surface area contributed by atoms with E-state index in [0.717, 1.165) is 23.5 Å². The van der Waals surface area contributed by atoms with Crippen LogP contribution in [0.4, 0.5) is 0 Å². The standard InChI is InChI=1S/C12H16N4/c1-8-5-7-13-10(8)12-15-9-4-3-6-14-11(9)16(12)2/h3-4,6,8,10,13H,5,7H2,1-2H3. The molecule has 2 aromatic heterocycles. The van der Waals surface area contributed by atoms with E-state index in [1.807, 2.05) is 25.4 Å². The summed E-state index contributed by atoms with van der Waals surface area (Å²) in [6.45, 7) is 3.36. The zero-order chi connectivity index (χ0) is 11.1. The number of nitrogens with zero attached hydrogens (tertiary/aromatic N) is 3. The van der Waals surface area contributed by atoms with Crippen molar-refractivity contribution in [3.05, 3.63) is 24.2 Å². The summed E-state index contributed by atoms with van der Waals surface area (Å²) in [4.78, 5) is 9.05. The fourth-order valence-electron chi connectivity index (χ4n) is 2.50. The van der Waals surface area contributed by atoms with Crippen molar-refractivity contribution in [1.82, 2.24) is 19.9 Å². The normalized spacial score (nSPS) is 25.4. The minimum Gasteiger partial charge on any atom is -0.315 e. The van der Waals surface area contributed by atoms with Crippen molar-refractivity contribution in [2.24, 2.45) is 13.0 Å². The minimum absolute atomic E-state index is 0.374. The monoisotopic (exact) mass is 216 g/mol. The molecule has 1 aliphatic rings. The second-order valence-electron chi connectivity index (χ2n) is 4.57. The topological polar surface area (TPSA) is 42.7 Å². The Morgan fingerprint density at radius 2 is 2.38 bits per heavy atom. The lowest BCUT2D eigenvalue weighted by atomic mass is 10.0. The Hall–Kier alpha value is -1.42. The van der Waals surface area contributed by atoms with Crippen molar-refractivity contribution in [3.8, 4) is 0 Å². The first kappa shape index (κ1) is 9.78. The van der Waals surface area contributed by atoms with Crippen LogP contribution in [0.3, 0.4) is 0 Å². The van der Waals surface area contributed by atoms with E-state index in [-0.39, 0.29) is 0 Å². The number of aryl methyl sites for hydroxylation is 1. The first-order chi connectivity index (χ1) is 7.77. The third-order valence-electron chi connectivity index (χ3n) is 3.47. The molecule has 0 bridgehead atoms. The van der Waals surface area contributed by atoms with Gasteiger partial charge in [0.1, 0.15) is 11.3 Å². The highest BCUT2D eigenvalue weighted by Gasteiger charge is 2.28. The lowest BCUT2D eigenvalue weighted by Gasteiger charge is -2.14. The van der Waals surface area contributed by atoms with Gasteiger partial charge in [-0.3, -0.25) is 0 Å². The molecular formula is C12H16N4. The van der Waals surface area contributed by atoms with Gasteiger partial charge >= 0.3 is 0 Å². The fourth-order valence-corrected chi connectivity index (χ4v) is 2.50. The number of nitrogens with one attached hydrogen (secondary N) is 1. The molecule has 2 unspecified atom stereocenters. The molecule has 0 aliphatic carbocycles. The van der Waals surface area contributed by atoms with Crippen molar-refractivity contribution in [2.45, 2.75) is 19.4 Å². The average molecular weight is 216 g/mol. The predicted molar refractivity (Wildman–Crippen MR) is 63.0 cm³/mol. The quantitative estimate of drug-likeness (QED) is 0.788. The lowest BCUT2D eigenvalue weighted by molar-refractivity contribution is 0.469. The second-order valence-corrected chi connectivity index (χ2v) is 4.57. The molecule has 84 valence electrons. The summed E-state index contributed by atoms with van der Waals surface area (Å²) in [5.41, 5.74) is 1.96. The molecule has 4 heteroatoms. The summed E-state index contributed by atoms with van der Waals surface area (Å²) in [5.74, 6) is 1.76. The van der Waals surface area contributed by atoms with Crippen molar-refractivity contribution < 1.29 is 0 Å². The number of rotatable bonds is 1. The molecule has 1 fully saturated rings. The Balaban J connectivity index is 2.13. The SMILES string of the molecule is CC1CCNC1c1nc2cccnc2n1C. The lowest BCUT2D eigenvalue weighted by Crippen LogP contribution is -2.20. The maximum atomic E-state index is 4.68. The second kappa shape index (κ2) is 3.56. The van der Waals surface area contributed by atoms with Crippen LogP contribution in [0.1, 0.15) is 25.2 Å². The van der Waals surface area contributed by atoms with E-state index in [9.17, 15) is 0 Å². The van der Waals surface area contributed by atoms with Crippen LogP contribution in [-0.4, -0.2) is 21.1 Å². The van der Waals surface area contributed by atoms with Crippen LogP contribution >= 0.6 is 0 Å². The molecule has 2 aromatic rings. The number of aromatic nitrogens is 3. The van der Waals surface area contributed by atoms with Crippen molar-refractivity contribution in [3.63, 3.8) is 0 Å². The van der Waals surface area contributed by atoms with Crippen LogP contribution in [0.2, 0.25) is 0 Å². The summed E-state index contributed by atoms with van der Waals surface area (Å²) < 4.78 is 2.11. The molecule has 1 saturated heterocycles. The third kappa shape index (κ3) is 1.33. The highest BCUT2D eigenvalue weighted by molar-refractivity contribution is 5.71. The molecule has 3 rings (SSSR count). The molecule has 0 spiro atoms. The molecular weight excluding hydrogens is 200 g/mol. The molecule has 4 nitrogen and oxygen atoms in total. The average Bonchev–Trinajstić information content (AvgIpc) is 2.84. The number of fused-ring (bicyclic) bond motifs is 1. The molecule has 0 amide bonds. The molecule has 0 radical (unpaired) electrons. The van der Waals surface area contributed by atoms with Gasteiger partial charge in [0.2, 0.25) is 0 Å². The van der Waals surface area contributed by atoms with Gasteiger partial charge in [0.25, 0.3) is 0 Å². The highest BCUT2D eigenvalue weighted by Crippen LogP contribution is 2.29. The van der Waals surface area contributed by atoms with Gasteiger partial charge in [-0.05, 0) is 31.0 Å². The van der Waals surface area contributed by atoms with Crippen molar-refractivity contribution >= 4 is 11.2 Å². The first-order valence-electron chi connectivity index (χ1n) is 5.78. The maximum absolute atomic E-state index is 4.68. The van der Waals surface area contributed by atoms with Gasteiger partial charge in [-0.2, -0.15) is 0 Å². The molecule has 0 aromatic carbocycles. The summed E-state index contributed by atoms with van der Waals surface area (Å²) in [6, 6.07) is 4.33. The van der Waals surface area contributed by atoms with Crippen LogP contribution in [0.5, 0.6) is 0 Å². The fraction of sp³-hybridized carbons (Fsp3) is 0.500. The van der Waals surface area contributed by atoms with Crippen molar-refractivity contribution in [2.75, 3.05) is 6.54 Å².